The van der Waals surface area contributed by atoms with Gasteiger partial charge in [0.1, 0.15) is 9.52 Å². The van der Waals surface area contributed by atoms with Crippen LogP contribution in [0.3, 0.4) is 0 Å². The quantitative estimate of drug-likeness (QED) is 0.685. The summed E-state index contributed by atoms with van der Waals surface area (Å²) in [5.74, 6) is 0.122. The van der Waals surface area contributed by atoms with Crippen LogP contribution in [-0.2, 0) is 17.6 Å². The van der Waals surface area contributed by atoms with Crippen molar-refractivity contribution in [3.8, 4) is 0 Å². The Hall–Kier alpha value is -2.13. The number of anilines is 1. The standard InChI is InChI=1S/C19H15NOSi/c21-15-6-5-12-9-14-10-13-3-1-7-20-8-2-4-16(18(13)20)19(14)22-17(12)11-15/h2,5-6,8-11H,1,3-4,7H2. The number of allylic oxidation sites excluding steroid dienone is 6. The van der Waals surface area contributed by atoms with Gasteiger partial charge in [-0.3, -0.25) is 4.79 Å². The normalized spacial score (nSPS) is 20.9. The van der Waals surface area contributed by atoms with Crippen LogP contribution in [0.25, 0.3) is 6.08 Å². The van der Waals surface area contributed by atoms with Gasteiger partial charge in [0.05, 0.1) is 0 Å². The van der Waals surface area contributed by atoms with Crippen molar-refractivity contribution in [2.45, 2.75) is 19.3 Å². The molecule has 22 heavy (non-hydrogen) atoms. The predicted octanol–water partition coefficient (Wildman–Crippen LogP) is 2.26. The monoisotopic (exact) mass is 301 g/mol. The van der Waals surface area contributed by atoms with Gasteiger partial charge < -0.3 is 4.90 Å². The lowest BCUT2D eigenvalue weighted by molar-refractivity contribution is -0.110. The highest BCUT2D eigenvalue weighted by Crippen LogP contribution is 2.36. The van der Waals surface area contributed by atoms with Crippen LogP contribution < -0.4 is 10.1 Å². The van der Waals surface area contributed by atoms with Gasteiger partial charge in [0.15, 0.2) is 5.78 Å². The third-order valence-electron chi connectivity index (χ3n) is 4.85. The molecule has 0 unspecified atom stereocenters. The molecule has 0 aromatic heterocycles. The Morgan fingerprint density at radius 3 is 3.09 bits per heavy atom. The molecule has 0 saturated heterocycles. The number of ketones is 1. The average Bonchev–Trinajstić information content (AvgIpc) is 2.54. The molecule has 1 aromatic carbocycles. The molecule has 2 radical (unpaired) electrons. The van der Waals surface area contributed by atoms with Gasteiger partial charge in [0.2, 0.25) is 0 Å². The van der Waals surface area contributed by atoms with Crippen LogP contribution in [0.1, 0.15) is 23.1 Å². The summed E-state index contributed by atoms with van der Waals surface area (Å²) in [6, 6.07) is 2.39. The molecule has 0 amide bonds. The van der Waals surface area contributed by atoms with Gasteiger partial charge in [-0.25, -0.2) is 0 Å². The molecule has 4 aliphatic rings. The maximum absolute atomic E-state index is 11.7. The fourth-order valence-corrected chi connectivity index (χ4v) is 5.34. The SMILES string of the molecule is O=C1C=CC2=Cc3cc4c5c(c3[Si]C2=C1)CC=CN5CCC4. The van der Waals surface area contributed by atoms with E-state index in [1.165, 1.54) is 51.2 Å². The summed E-state index contributed by atoms with van der Waals surface area (Å²) in [5, 5.41) is 2.65. The molecular formula is C19H15NOSi. The van der Waals surface area contributed by atoms with Crippen molar-refractivity contribution in [2.24, 2.45) is 0 Å². The van der Waals surface area contributed by atoms with E-state index in [-0.39, 0.29) is 5.78 Å². The first-order valence-corrected chi connectivity index (χ1v) is 8.84. The minimum absolute atomic E-state index is 0.122. The van der Waals surface area contributed by atoms with E-state index in [1.54, 1.807) is 6.08 Å². The minimum Gasteiger partial charge on any atom is -0.348 e. The van der Waals surface area contributed by atoms with Crippen molar-refractivity contribution in [1.82, 2.24) is 0 Å². The van der Waals surface area contributed by atoms with Crippen molar-refractivity contribution in [3.63, 3.8) is 0 Å². The average molecular weight is 301 g/mol. The number of aryl methyl sites for hydroxylation is 1. The van der Waals surface area contributed by atoms with Gasteiger partial charge in [0.25, 0.3) is 0 Å². The van der Waals surface area contributed by atoms with E-state index in [2.05, 4.69) is 29.3 Å². The van der Waals surface area contributed by atoms with Gasteiger partial charge in [-0.2, -0.15) is 0 Å². The Balaban J connectivity index is 1.75. The zero-order valence-electron chi connectivity index (χ0n) is 12.2. The van der Waals surface area contributed by atoms with Crippen LogP contribution in [-0.4, -0.2) is 21.8 Å². The summed E-state index contributed by atoms with van der Waals surface area (Å²) < 4.78 is 0. The molecule has 106 valence electrons. The predicted molar refractivity (Wildman–Crippen MR) is 90.5 cm³/mol. The van der Waals surface area contributed by atoms with Gasteiger partial charge in [-0.15, -0.1) is 0 Å². The van der Waals surface area contributed by atoms with Gasteiger partial charge in [-0.05, 0) is 76.2 Å². The van der Waals surface area contributed by atoms with Crippen molar-refractivity contribution in [3.05, 3.63) is 64.0 Å². The Morgan fingerprint density at radius 2 is 2.14 bits per heavy atom. The molecule has 3 heteroatoms. The third-order valence-corrected chi connectivity index (χ3v) is 6.39. The fourth-order valence-electron chi connectivity index (χ4n) is 3.89. The number of rotatable bonds is 0. The van der Waals surface area contributed by atoms with Gasteiger partial charge >= 0.3 is 0 Å². The highest BCUT2D eigenvalue weighted by Gasteiger charge is 2.28. The van der Waals surface area contributed by atoms with Crippen LogP contribution in [0.5, 0.6) is 0 Å². The molecule has 0 atom stereocenters. The summed E-state index contributed by atoms with van der Waals surface area (Å²) in [7, 11) is 0.599. The number of fused-ring (bicyclic) bond motifs is 3. The number of hydrogen-bond acceptors (Lipinski definition) is 2. The van der Waals surface area contributed by atoms with Crippen LogP contribution >= 0.6 is 0 Å². The molecule has 3 heterocycles. The van der Waals surface area contributed by atoms with E-state index in [0.717, 1.165) is 13.0 Å². The van der Waals surface area contributed by atoms with Crippen LogP contribution in [0.4, 0.5) is 5.69 Å². The molecule has 0 saturated carbocycles. The third kappa shape index (κ3) is 1.69. The Kier molecular flexibility index (Phi) is 2.50. The van der Waals surface area contributed by atoms with E-state index in [1.807, 2.05) is 12.2 Å². The molecule has 5 rings (SSSR count). The number of hydrogen-bond donors (Lipinski definition) is 0. The molecule has 0 fully saturated rings. The summed E-state index contributed by atoms with van der Waals surface area (Å²) in [4.78, 5) is 14.1. The summed E-state index contributed by atoms with van der Waals surface area (Å²) in [6.45, 7) is 1.13. The molecule has 0 spiro atoms. The number of benzene rings is 1. The first-order valence-electron chi connectivity index (χ1n) is 7.84. The Labute approximate surface area is 132 Å². The maximum atomic E-state index is 11.7. The van der Waals surface area contributed by atoms with E-state index in [0.29, 0.717) is 9.52 Å². The van der Waals surface area contributed by atoms with Crippen molar-refractivity contribution in [2.75, 3.05) is 11.4 Å². The second-order valence-corrected chi connectivity index (χ2v) is 7.52. The van der Waals surface area contributed by atoms with E-state index in [9.17, 15) is 4.79 Å². The Morgan fingerprint density at radius 1 is 1.18 bits per heavy atom. The molecule has 1 aromatic rings. The lowest BCUT2D eigenvalue weighted by Gasteiger charge is -2.36. The maximum Gasteiger partial charge on any atom is 0.178 e. The summed E-state index contributed by atoms with van der Waals surface area (Å²) in [6.07, 6.45) is 15.7. The lowest BCUT2D eigenvalue weighted by Crippen LogP contribution is -2.36. The molecule has 2 nitrogen and oxygen atoms in total. The second-order valence-electron chi connectivity index (χ2n) is 6.23. The molecule has 0 bridgehead atoms. The zero-order chi connectivity index (χ0) is 14.7. The van der Waals surface area contributed by atoms with Crippen molar-refractivity contribution in [1.29, 1.82) is 0 Å². The van der Waals surface area contributed by atoms with E-state index >= 15 is 0 Å². The van der Waals surface area contributed by atoms with Gasteiger partial charge in [0, 0.05) is 18.4 Å². The number of carbonyl (C=O) groups is 1. The molecule has 1 aliphatic carbocycles. The topological polar surface area (TPSA) is 20.3 Å². The van der Waals surface area contributed by atoms with Crippen LogP contribution in [0.15, 0.2) is 47.3 Å². The lowest BCUT2D eigenvalue weighted by atomic mass is 9.90. The second kappa shape index (κ2) is 4.43. The molecule has 3 aliphatic heterocycles. The summed E-state index contributed by atoms with van der Waals surface area (Å²) in [5.41, 5.74) is 7.03. The summed E-state index contributed by atoms with van der Waals surface area (Å²) >= 11 is 0. The van der Waals surface area contributed by atoms with E-state index in [4.69, 9.17) is 0 Å². The minimum atomic E-state index is 0.122. The molecular weight excluding hydrogens is 286 g/mol. The number of carbonyl (C=O) groups excluding carboxylic acids is 1. The largest absolute Gasteiger partial charge is 0.348 e. The zero-order valence-corrected chi connectivity index (χ0v) is 13.2. The van der Waals surface area contributed by atoms with Crippen LogP contribution in [0, 0.1) is 0 Å². The first kappa shape index (κ1) is 12.4. The van der Waals surface area contributed by atoms with E-state index < -0.39 is 0 Å². The smallest absolute Gasteiger partial charge is 0.178 e. The number of nitrogens with zero attached hydrogens (tertiary/aromatic N) is 1. The van der Waals surface area contributed by atoms with Crippen molar-refractivity contribution < 1.29 is 4.79 Å². The highest BCUT2D eigenvalue weighted by molar-refractivity contribution is 6.65. The highest BCUT2D eigenvalue weighted by atomic mass is 28.2. The first-order chi connectivity index (χ1) is 10.8. The van der Waals surface area contributed by atoms with Crippen molar-refractivity contribution >= 4 is 32.3 Å². The molecule has 0 N–H and O–H groups in total. The fraction of sp³-hybridized carbons (Fsp3) is 0.211. The Bertz CT molecular complexity index is 841. The van der Waals surface area contributed by atoms with Gasteiger partial charge in [-0.1, -0.05) is 12.2 Å². The van der Waals surface area contributed by atoms with Crippen LogP contribution in [0.2, 0.25) is 0 Å².